The third kappa shape index (κ3) is 1.69. The molecule has 84 valence electrons. The summed E-state index contributed by atoms with van der Waals surface area (Å²) in [7, 11) is 0. The van der Waals surface area contributed by atoms with Crippen LogP contribution in [0.15, 0.2) is 10.7 Å². The molecule has 0 saturated carbocycles. The lowest BCUT2D eigenvalue weighted by molar-refractivity contribution is 0.798. The van der Waals surface area contributed by atoms with Crippen LogP contribution < -0.4 is 5.73 Å². The largest absolute Gasteiger partial charge is 0.397 e. The van der Waals surface area contributed by atoms with E-state index in [1.165, 1.54) is 0 Å². The van der Waals surface area contributed by atoms with Gasteiger partial charge in [0.15, 0.2) is 5.82 Å². The number of hydrogen-bond donors (Lipinski definition) is 1. The quantitative estimate of drug-likeness (QED) is 0.867. The third-order valence-electron chi connectivity index (χ3n) is 2.36. The standard InChI is InChI=1S/C10H12BrN5/c1-5-8(12)4-13-10(9(5)11)16-7(3)14-6(2)15-16/h4H,12H2,1-3H3. The predicted octanol–water partition coefficient (Wildman–Crippen LogP) is 1.93. The SMILES string of the molecule is Cc1nc(C)n(-c2ncc(N)c(C)c2Br)n1. The molecule has 0 fully saturated rings. The Morgan fingerprint density at radius 1 is 1.31 bits per heavy atom. The summed E-state index contributed by atoms with van der Waals surface area (Å²) in [5.41, 5.74) is 7.39. The maximum Gasteiger partial charge on any atom is 0.170 e. The minimum absolute atomic E-state index is 0.658. The average molecular weight is 282 g/mol. The molecule has 2 heterocycles. The lowest BCUT2D eigenvalue weighted by Gasteiger charge is -2.08. The highest BCUT2D eigenvalue weighted by molar-refractivity contribution is 9.10. The molecule has 0 bridgehead atoms. The first kappa shape index (κ1) is 11.1. The van der Waals surface area contributed by atoms with Crippen molar-refractivity contribution in [3.8, 4) is 5.82 Å². The van der Waals surface area contributed by atoms with Crippen molar-refractivity contribution in [3.63, 3.8) is 0 Å². The predicted molar refractivity (Wildman–Crippen MR) is 65.5 cm³/mol. The molecule has 0 aliphatic rings. The Balaban J connectivity index is 2.65. The van der Waals surface area contributed by atoms with Gasteiger partial charge in [0.05, 0.1) is 16.4 Å². The van der Waals surface area contributed by atoms with Crippen molar-refractivity contribution in [2.75, 3.05) is 5.73 Å². The molecular weight excluding hydrogens is 270 g/mol. The minimum atomic E-state index is 0.658. The number of nitrogens with two attached hydrogens (primary N) is 1. The summed E-state index contributed by atoms with van der Waals surface area (Å²) in [5, 5.41) is 4.28. The van der Waals surface area contributed by atoms with E-state index < -0.39 is 0 Å². The summed E-state index contributed by atoms with van der Waals surface area (Å²) in [6, 6.07) is 0. The van der Waals surface area contributed by atoms with Gasteiger partial charge in [-0.15, -0.1) is 5.10 Å². The number of pyridine rings is 1. The lowest BCUT2D eigenvalue weighted by atomic mass is 10.2. The van der Waals surface area contributed by atoms with Crippen LogP contribution in [0.3, 0.4) is 0 Å². The maximum atomic E-state index is 5.77. The second kappa shape index (κ2) is 3.86. The van der Waals surface area contributed by atoms with E-state index in [4.69, 9.17) is 5.73 Å². The van der Waals surface area contributed by atoms with Crippen LogP contribution in [0.5, 0.6) is 0 Å². The molecule has 2 aromatic heterocycles. The molecular formula is C10H12BrN5. The highest BCUT2D eigenvalue weighted by Gasteiger charge is 2.13. The van der Waals surface area contributed by atoms with Gasteiger partial charge in [0.1, 0.15) is 11.6 Å². The molecule has 0 radical (unpaired) electrons. The number of aromatic nitrogens is 4. The van der Waals surface area contributed by atoms with Crippen molar-refractivity contribution in [2.45, 2.75) is 20.8 Å². The fourth-order valence-electron chi connectivity index (χ4n) is 1.45. The molecule has 0 amide bonds. The number of aryl methyl sites for hydroxylation is 2. The fraction of sp³-hybridized carbons (Fsp3) is 0.300. The molecule has 5 nitrogen and oxygen atoms in total. The molecule has 0 unspecified atom stereocenters. The Kier molecular flexibility index (Phi) is 2.67. The zero-order valence-corrected chi connectivity index (χ0v) is 10.9. The number of nitrogens with zero attached hydrogens (tertiary/aromatic N) is 4. The summed E-state index contributed by atoms with van der Waals surface area (Å²) in [6.45, 7) is 5.67. The van der Waals surface area contributed by atoms with Gasteiger partial charge in [-0.3, -0.25) is 0 Å². The van der Waals surface area contributed by atoms with Crippen LogP contribution >= 0.6 is 15.9 Å². The van der Waals surface area contributed by atoms with Crippen molar-refractivity contribution >= 4 is 21.6 Å². The van der Waals surface area contributed by atoms with Crippen LogP contribution in [0.2, 0.25) is 0 Å². The second-order valence-corrected chi connectivity index (χ2v) is 4.39. The lowest BCUT2D eigenvalue weighted by Crippen LogP contribution is -2.05. The van der Waals surface area contributed by atoms with Gasteiger partial charge in [-0.05, 0) is 42.3 Å². The summed E-state index contributed by atoms with van der Waals surface area (Å²) in [4.78, 5) is 8.51. The topological polar surface area (TPSA) is 69.6 Å². The molecule has 0 aromatic carbocycles. The Morgan fingerprint density at radius 2 is 2.00 bits per heavy atom. The van der Waals surface area contributed by atoms with Gasteiger partial charge in [-0.25, -0.2) is 9.97 Å². The molecule has 0 atom stereocenters. The third-order valence-corrected chi connectivity index (χ3v) is 3.31. The summed E-state index contributed by atoms with van der Waals surface area (Å²) < 4.78 is 2.55. The highest BCUT2D eigenvalue weighted by Crippen LogP contribution is 2.26. The molecule has 0 saturated heterocycles. The number of anilines is 1. The van der Waals surface area contributed by atoms with E-state index in [0.717, 1.165) is 21.7 Å². The molecule has 0 aliphatic carbocycles. The van der Waals surface area contributed by atoms with E-state index in [-0.39, 0.29) is 0 Å². The van der Waals surface area contributed by atoms with Gasteiger partial charge in [0.2, 0.25) is 0 Å². The van der Waals surface area contributed by atoms with Gasteiger partial charge in [0, 0.05) is 0 Å². The van der Waals surface area contributed by atoms with Gasteiger partial charge >= 0.3 is 0 Å². The molecule has 2 aromatic rings. The van der Waals surface area contributed by atoms with Crippen molar-refractivity contribution in [2.24, 2.45) is 0 Å². The molecule has 0 spiro atoms. The van der Waals surface area contributed by atoms with E-state index in [1.807, 2.05) is 20.8 Å². The van der Waals surface area contributed by atoms with Crippen LogP contribution in [0.4, 0.5) is 5.69 Å². The minimum Gasteiger partial charge on any atom is -0.397 e. The van der Waals surface area contributed by atoms with Crippen LogP contribution in [-0.4, -0.2) is 19.7 Å². The monoisotopic (exact) mass is 281 g/mol. The number of rotatable bonds is 1. The van der Waals surface area contributed by atoms with Crippen molar-refractivity contribution < 1.29 is 0 Å². The summed E-state index contributed by atoms with van der Waals surface area (Å²) >= 11 is 3.48. The molecule has 16 heavy (non-hydrogen) atoms. The first-order valence-electron chi connectivity index (χ1n) is 4.82. The maximum absolute atomic E-state index is 5.77. The zero-order valence-electron chi connectivity index (χ0n) is 9.32. The molecule has 2 N–H and O–H groups in total. The van der Waals surface area contributed by atoms with Crippen LogP contribution in [-0.2, 0) is 0 Å². The van der Waals surface area contributed by atoms with E-state index in [2.05, 4.69) is 31.0 Å². The highest BCUT2D eigenvalue weighted by atomic mass is 79.9. The summed E-state index contributed by atoms with van der Waals surface area (Å²) in [5.74, 6) is 2.24. The smallest absolute Gasteiger partial charge is 0.170 e. The Labute approximate surface area is 102 Å². The van der Waals surface area contributed by atoms with Gasteiger partial charge < -0.3 is 5.73 Å². The van der Waals surface area contributed by atoms with Gasteiger partial charge in [0.25, 0.3) is 0 Å². The van der Waals surface area contributed by atoms with Crippen molar-refractivity contribution in [1.82, 2.24) is 19.7 Å². The first-order valence-corrected chi connectivity index (χ1v) is 5.61. The van der Waals surface area contributed by atoms with Crippen LogP contribution in [0, 0.1) is 20.8 Å². The Morgan fingerprint density at radius 3 is 2.56 bits per heavy atom. The normalized spacial score (nSPS) is 10.8. The number of nitrogen functional groups attached to an aromatic ring is 1. The molecule has 2 rings (SSSR count). The Hall–Kier alpha value is -1.43. The van der Waals surface area contributed by atoms with Crippen LogP contribution in [0.1, 0.15) is 17.2 Å². The van der Waals surface area contributed by atoms with E-state index in [0.29, 0.717) is 11.5 Å². The van der Waals surface area contributed by atoms with Crippen molar-refractivity contribution in [3.05, 3.63) is 27.9 Å². The molecule has 0 aliphatic heterocycles. The summed E-state index contributed by atoms with van der Waals surface area (Å²) in [6.07, 6.45) is 1.63. The van der Waals surface area contributed by atoms with Crippen LogP contribution in [0.25, 0.3) is 5.82 Å². The molecule has 6 heteroatoms. The first-order chi connectivity index (χ1) is 7.50. The van der Waals surface area contributed by atoms with Crippen molar-refractivity contribution in [1.29, 1.82) is 0 Å². The van der Waals surface area contributed by atoms with E-state index in [1.54, 1.807) is 10.9 Å². The van der Waals surface area contributed by atoms with Gasteiger partial charge in [-0.2, -0.15) is 4.68 Å². The van der Waals surface area contributed by atoms with E-state index >= 15 is 0 Å². The number of halogens is 1. The zero-order chi connectivity index (χ0) is 11.9. The second-order valence-electron chi connectivity index (χ2n) is 3.59. The Bertz CT molecular complexity index is 546. The number of hydrogen-bond acceptors (Lipinski definition) is 4. The average Bonchev–Trinajstić information content (AvgIpc) is 2.55. The van der Waals surface area contributed by atoms with Gasteiger partial charge in [-0.1, -0.05) is 0 Å². The fourth-order valence-corrected chi connectivity index (χ4v) is 1.95. The van der Waals surface area contributed by atoms with E-state index in [9.17, 15) is 0 Å².